The van der Waals surface area contributed by atoms with Crippen molar-refractivity contribution in [3.8, 4) is 5.75 Å². The van der Waals surface area contributed by atoms with Crippen LogP contribution in [0, 0.1) is 0 Å². The lowest BCUT2D eigenvalue weighted by atomic mass is 10.1. The lowest BCUT2D eigenvalue weighted by molar-refractivity contribution is -0.122. The highest BCUT2D eigenvalue weighted by Crippen LogP contribution is 2.32. The van der Waals surface area contributed by atoms with Crippen LogP contribution in [0.15, 0.2) is 42.5 Å². The molecule has 0 radical (unpaired) electrons. The van der Waals surface area contributed by atoms with Crippen LogP contribution in [0.25, 0.3) is 0 Å². The van der Waals surface area contributed by atoms with Gasteiger partial charge in [-0.2, -0.15) is 0 Å². The number of rotatable bonds is 7. The number of hydrogen-bond donors (Lipinski definition) is 1. The molecule has 2 unspecified atom stereocenters. The molecule has 0 heterocycles. The van der Waals surface area contributed by atoms with Crippen LogP contribution in [-0.2, 0) is 14.8 Å². The molecule has 2 rings (SSSR count). The molecule has 0 saturated heterocycles. The van der Waals surface area contributed by atoms with Crippen LogP contribution < -0.4 is 14.4 Å². The number of sulfonamides is 1. The standard InChI is InChI=1S/C19H22Cl2N2O4S/c1-12(14-5-8-16(27-3)9-6-14)22-19(24)13(2)23(28(4,25)26)18-11-15(20)7-10-17(18)21/h5-13H,1-4H3,(H,22,24). The molecule has 2 aromatic carbocycles. The number of halogens is 2. The van der Waals surface area contributed by atoms with Gasteiger partial charge in [-0.15, -0.1) is 0 Å². The van der Waals surface area contributed by atoms with Gasteiger partial charge in [-0.3, -0.25) is 9.10 Å². The third-order valence-electron chi connectivity index (χ3n) is 4.21. The quantitative estimate of drug-likeness (QED) is 0.698. The first-order valence-corrected chi connectivity index (χ1v) is 11.0. The van der Waals surface area contributed by atoms with Crippen molar-refractivity contribution in [3.05, 3.63) is 58.1 Å². The number of amides is 1. The van der Waals surface area contributed by atoms with Crippen LogP contribution in [0.1, 0.15) is 25.5 Å². The Kier molecular flexibility index (Phi) is 7.20. The summed E-state index contributed by atoms with van der Waals surface area (Å²) in [5.41, 5.74) is 1.00. The summed E-state index contributed by atoms with van der Waals surface area (Å²) in [6.45, 7) is 3.30. The summed E-state index contributed by atoms with van der Waals surface area (Å²) in [6.07, 6.45) is 1.01. The third-order valence-corrected chi connectivity index (χ3v) is 5.99. The van der Waals surface area contributed by atoms with Crippen LogP contribution in [0.3, 0.4) is 0 Å². The fourth-order valence-electron chi connectivity index (χ4n) is 2.75. The molecule has 1 N–H and O–H groups in total. The molecule has 0 aromatic heterocycles. The number of methoxy groups -OCH3 is 1. The number of benzene rings is 2. The Labute approximate surface area is 175 Å². The second-order valence-corrected chi connectivity index (χ2v) is 9.04. The fourth-order valence-corrected chi connectivity index (χ4v) is 4.35. The van der Waals surface area contributed by atoms with E-state index in [-0.39, 0.29) is 16.8 Å². The van der Waals surface area contributed by atoms with Crippen molar-refractivity contribution in [1.29, 1.82) is 0 Å². The minimum absolute atomic E-state index is 0.149. The number of carbonyl (C=O) groups is 1. The third kappa shape index (κ3) is 5.31. The van der Waals surface area contributed by atoms with Gasteiger partial charge in [-0.05, 0) is 49.7 Å². The van der Waals surface area contributed by atoms with Gasteiger partial charge >= 0.3 is 0 Å². The number of anilines is 1. The minimum Gasteiger partial charge on any atom is -0.497 e. The number of hydrogen-bond acceptors (Lipinski definition) is 4. The highest BCUT2D eigenvalue weighted by Gasteiger charge is 2.31. The van der Waals surface area contributed by atoms with Gasteiger partial charge in [-0.1, -0.05) is 35.3 Å². The Morgan fingerprint density at radius 3 is 2.25 bits per heavy atom. The van der Waals surface area contributed by atoms with Gasteiger partial charge in [0.1, 0.15) is 11.8 Å². The smallest absolute Gasteiger partial charge is 0.244 e. The summed E-state index contributed by atoms with van der Waals surface area (Å²) in [5.74, 6) is 0.235. The van der Waals surface area contributed by atoms with Gasteiger partial charge in [0.05, 0.1) is 30.1 Å². The molecule has 0 spiro atoms. The Morgan fingerprint density at radius 2 is 1.71 bits per heavy atom. The molecule has 0 bridgehead atoms. The second kappa shape index (κ2) is 9.03. The maximum atomic E-state index is 12.8. The summed E-state index contributed by atoms with van der Waals surface area (Å²) < 4.78 is 30.9. The van der Waals surface area contributed by atoms with E-state index >= 15 is 0 Å². The van der Waals surface area contributed by atoms with Crippen LogP contribution in [0.5, 0.6) is 5.75 Å². The number of ether oxygens (including phenoxy) is 1. The maximum Gasteiger partial charge on any atom is 0.244 e. The lowest BCUT2D eigenvalue weighted by Gasteiger charge is -2.30. The van der Waals surface area contributed by atoms with E-state index in [2.05, 4.69) is 5.32 Å². The largest absolute Gasteiger partial charge is 0.497 e. The van der Waals surface area contributed by atoms with Gasteiger partial charge < -0.3 is 10.1 Å². The van der Waals surface area contributed by atoms with Gasteiger partial charge in [0.25, 0.3) is 0 Å². The minimum atomic E-state index is -3.80. The molecule has 2 aromatic rings. The van der Waals surface area contributed by atoms with Crippen molar-refractivity contribution in [3.63, 3.8) is 0 Å². The highest BCUT2D eigenvalue weighted by molar-refractivity contribution is 7.92. The van der Waals surface area contributed by atoms with E-state index in [0.717, 1.165) is 16.1 Å². The van der Waals surface area contributed by atoms with E-state index in [4.69, 9.17) is 27.9 Å². The molecular weight excluding hydrogens is 423 g/mol. The Hall–Kier alpha value is -1.96. The maximum absolute atomic E-state index is 12.8. The van der Waals surface area contributed by atoms with Crippen LogP contribution >= 0.6 is 23.2 Å². The van der Waals surface area contributed by atoms with E-state index in [1.165, 1.54) is 19.1 Å². The molecule has 28 heavy (non-hydrogen) atoms. The fraction of sp³-hybridized carbons (Fsp3) is 0.316. The summed E-state index contributed by atoms with van der Waals surface area (Å²) in [7, 11) is -2.23. The molecule has 0 saturated carbocycles. The normalized spacial score (nSPS) is 13.5. The van der Waals surface area contributed by atoms with Crippen molar-refractivity contribution in [1.82, 2.24) is 5.32 Å². The van der Waals surface area contributed by atoms with Crippen molar-refractivity contribution in [2.24, 2.45) is 0 Å². The molecule has 9 heteroatoms. The summed E-state index contributed by atoms with van der Waals surface area (Å²) >= 11 is 12.2. The predicted molar refractivity (Wildman–Crippen MR) is 113 cm³/mol. The van der Waals surface area contributed by atoms with Crippen molar-refractivity contribution in [2.75, 3.05) is 17.7 Å². The van der Waals surface area contributed by atoms with Crippen molar-refractivity contribution in [2.45, 2.75) is 25.9 Å². The molecule has 0 aliphatic carbocycles. The first kappa shape index (κ1) is 22.3. The van der Waals surface area contributed by atoms with Crippen LogP contribution in [-0.4, -0.2) is 33.7 Å². The first-order valence-electron chi connectivity index (χ1n) is 8.43. The van der Waals surface area contributed by atoms with Gasteiger partial charge in [0.15, 0.2) is 0 Å². The molecule has 6 nitrogen and oxygen atoms in total. The zero-order valence-electron chi connectivity index (χ0n) is 15.9. The number of carbonyl (C=O) groups excluding carboxylic acids is 1. The summed E-state index contributed by atoms with van der Waals surface area (Å²) in [5, 5.41) is 3.32. The Balaban J connectivity index is 2.27. The monoisotopic (exact) mass is 444 g/mol. The average molecular weight is 445 g/mol. The molecular formula is C19H22Cl2N2O4S. The van der Waals surface area contributed by atoms with Crippen LogP contribution in [0.4, 0.5) is 5.69 Å². The van der Waals surface area contributed by atoms with E-state index < -0.39 is 22.0 Å². The first-order chi connectivity index (χ1) is 13.0. The second-order valence-electron chi connectivity index (χ2n) is 6.33. The molecule has 1 amide bonds. The summed E-state index contributed by atoms with van der Waals surface area (Å²) in [6, 6.07) is 10.3. The molecule has 2 atom stereocenters. The van der Waals surface area contributed by atoms with E-state index in [0.29, 0.717) is 10.8 Å². The average Bonchev–Trinajstić information content (AvgIpc) is 2.63. The van der Waals surface area contributed by atoms with E-state index in [9.17, 15) is 13.2 Å². The van der Waals surface area contributed by atoms with Gasteiger partial charge in [0, 0.05) is 5.02 Å². The van der Waals surface area contributed by atoms with Gasteiger partial charge in [0.2, 0.25) is 15.9 Å². The SMILES string of the molecule is COc1ccc(C(C)NC(=O)C(C)N(c2cc(Cl)ccc2Cl)S(C)(=O)=O)cc1. The van der Waals surface area contributed by atoms with Gasteiger partial charge in [-0.25, -0.2) is 8.42 Å². The number of nitrogens with one attached hydrogen (secondary N) is 1. The van der Waals surface area contributed by atoms with Crippen LogP contribution in [0.2, 0.25) is 10.0 Å². The van der Waals surface area contributed by atoms with Crippen molar-refractivity contribution < 1.29 is 17.9 Å². The Morgan fingerprint density at radius 1 is 1.11 bits per heavy atom. The van der Waals surface area contributed by atoms with E-state index in [1.807, 2.05) is 19.1 Å². The molecule has 152 valence electrons. The molecule has 0 aliphatic heterocycles. The Bertz CT molecular complexity index is 949. The predicted octanol–water partition coefficient (Wildman–Crippen LogP) is 4.03. The molecule has 0 fully saturated rings. The zero-order chi connectivity index (χ0) is 21.1. The van der Waals surface area contributed by atoms with E-state index in [1.54, 1.807) is 25.3 Å². The molecule has 0 aliphatic rings. The van der Waals surface area contributed by atoms with Crippen molar-refractivity contribution >= 4 is 44.8 Å². The zero-order valence-corrected chi connectivity index (χ0v) is 18.3. The number of nitrogens with zero attached hydrogens (tertiary/aromatic N) is 1. The highest BCUT2D eigenvalue weighted by atomic mass is 35.5. The topological polar surface area (TPSA) is 75.7 Å². The summed E-state index contributed by atoms with van der Waals surface area (Å²) in [4.78, 5) is 12.8. The lowest BCUT2D eigenvalue weighted by Crippen LogP contribution is -2.48.